The van der Waals surface area contributed by atoms with E-state index in [1.165, 1.54) is 6.07 Å². The molecule has 1 aliphatic heterocycles. The summed E-state index contributed by atoms with van der Waals surface area (Å²) in [7, 11) is 0. The highest BCUT2D eigenvalue weighted by atomic mass is 19.4. The first-order chi connectivity index (χ1) is 11.3. The number of aromatic hydroxyl groups is 1. The number of phenolic OH excluding ortho intramolecular Hbond substituents is 1. The lowest BCUT2D eigenvalue weighted by Crippen LogP contribution is -2.23. The fourth-order valence-corrected chi connectivity index (χ4v) is 2.58. The first-order valence-corrected chi connectivity index (χ1v) is 7.44. The smallest absolute Gasteiger partial charge is 0.416 e. The van der Waals surface area contributed by atoms with Gasteiger partial charge in [-0.3, -0.25) is 0 Å². The van der Waals surface area contributed by atoms with Crippen molar-refractivity contribution < 1.29 is 18.3 Å². The Morgan fingerprint density at radius 3 is 2.67 bits per heavy atom. The van der Waals surface area contributed by atoms with Crippen LogP contribution in [0.3, 0.4) is 0 Å². The Labute approximate surface area is 136 Å². The molecular weight excluding hydrogens is 323 g/mol. The normalized spacial score (nSPS) is 17.9. The number of nitrogens with zero attached hydrogens (tertiary/aromatic N) is 3. The van der Waals surface area contributed by atoms with Crippen molar-refractivity contribution in [2.24, 2.45) is 0 Å². The third kappa shape index (κ3) is 3.40. The lowest BCUT2D eigenvalue weighted by Gasteiger charge is -2.13. The quantitative estimate of drug-likeness (QED) is 0.796. The largest absolute Gasteiger partial charge is 0.507 e. The summed E-state index contributed by atoms with van der Waals surface area (Å²) in [6.07, 6.45) is -3.57. The number of benzene rings is 1. The maximum absolute atomic E-state index is 12.7. The van der Waals surface area contributed by atoms with Crippen LogP contribution in [-0.2, 0) is 6.18 Å². The van der Waals surface area contributed by atoms with Gasteiger partial charge in [-0.1, -0.05) is 0 Å². The van der Waals surface area contributed by atoms with Crippen molar-refractivity contribution in [1.29, 1.82) is 0 Å². The van der Waals surface area contributed by atoms with E-state index in [2.05, 4.69) is 25.8 Å². The summed E-state index contributed by atoms with van der Waals surface area (Å²) < 4.78 is 38.0. The van der Waals surface area contributed by atoms with E-state index in [4.69, 9.17) is 0 Å². The molecule has 0 unspecified atom stereocenters. The van der Waals surface area contributed by atoms with Crippen LogP contribution >= 0.6 is 0 Å². The molecule has 1 fully saturated rings. The number of aryl methyl sites for hydroxylation is 1. The molecule has 6 nitrogen and oxygen atoms in total. The van der Waals surface area contributed by atoms with Crippen LogP contribution in [0.25, 0.3) is 11.3 Å². The lowest BCUT2D eigenvalue weighted by atomic mass is 10.1. The topological polar surface area (TPSA) is 83.0 Å². The van der Waals surface area contributed by atoms with Crippen LogP contribution in [0.15, 0.2) is 18.2 Å². The van der Waals surface area contributed by atoms with Gasteiger partial charge >= 0.3 is 6.18 Å². The zero-order valence-electron chi connectivity index (χ0n) is 12.9. The van der Waals surface area contributed by atoms with E-state index >= 15 is 0 Å². The van der Waals surface area contributed by atoms with Crippen LogP contribution in [0.1, 0.15) is 17.7 Å². The van der Waals surface area contributed by atoms with Gasteiger partial charge in [-0.25, -0.2) is 4.98 Å². The second-order valence-corrected chi connectivity index (χ2v) is 5.63. The van der Waals surface area contributed by atoms with Crippen LogP contribution in [-0.4, -0.2) is 39.4 Å². The molecule has 1 aromatic carbocycles. The summed E-state index contributed by atoms with van der Waals surface area (Å²) in [5, 5.41) is 24.2. The molecule has 0 spiro atoms. The van der Waals surface area contributed by atoms with E-state index in [0.717, 1.165) is 25.6 Å². The van der Waals surface area contributed by atoms with Gasteiger partial charge in [-0.15, -0.1) is 10.2 Å². The molecule has 0 aliphatic carbocycles. The summed E-state index contributed by atoms with van der Waals surface area (Å²) in [5.41, 5.74) is -0.0474. The summed E-state index contributed by atoms with van der Waals surface area (Å²) in [6.45, 7) is 3.39. The average molecular weight is 339 g/mol. The highest BCUT2D eigenvalue weighted by Crippen LogP contribution is 2.36. The minimum atomic E-state index is -4.52. The number of phenols is 1. The van der Waals surface area contributed by atoms with Crippen LogP contribution < -0.4 is 10.6 Å². The van der Waals surface area contributed by atoms with Gasteiger partial charge in [0.15, 0.2) is 0 Å². The minimum absolute atomic E-state index is 0.162. The first kappa shape index (κ1) is 16.4. The van der Waals surface area contributed by atoms with Gasteiger partial charge < -0.3 is 15.7 Å². The molecule has 1 atom stereocenters. The summed E-state index contributed by atoms with van der Waals surface area (Å²) >= 11 is 0. The second kappa shape index (κ2) is 6.23. The average Bonchev–Trinajstić information content (AvgIpc) is 3.00. The van der Waals surface area contributed by atoms with Crippen LogP contribution in [0.2, 0.25) is 0 Å². The van der Waals surface area contributed by atoms with Gasteiger partial charge in [0.1, 0.15) is 11.4 Å². The van der Waals surface area contributed by atoms with Crippen LogP contribution in [0, 0.1) is 6.92 Å². The number of aromatic nitrogens is 3. The van der Waals surface area contributed by atoms with Crippen molar-refractivity contribution in [2.45, 2.75) is 25.6 Å². The van der Waals surface area contributed by atoms with Crippen molar-refractivity contribution >= 4 is 5.95 Å². The number of rotatable bonds is 3. The number of halogens is 3. The molecule has 1 aromatic heterocycles. The van der Waals surface area contributed by atoms with E-state index in [-0.39, 0.29) is 17.3 Å². The number of alkyl halides is 3. The van der Waals surface area contributed by atoms with Crippen molar-refractivity contribution in [3.63, 3.8) is 0 Å². The zero-order valence-corrected chi connectivity index (χ0v) is 12.9. The molecule has 0 bridgehead atoms. The summed E-state index contributed by atoms with van der Waals surface area (Å²) in [4.78, 5) is 4.28. The highest BCUT2D eigenvalue weighted by Gasteiger charge is 2.31. The van der Waals surface area contributed by atoms with Crippen LogP contribution in [0.5, 0.6) is 5.75 Å². The molecular formula is C15H16F3N5O. The Balaban J connectivity index is 1.86. The Hall–Kier alpha value is -2.42. The molecule has 2 heterocycles. The Morgan fingerprint density at radius 1 is 1.29 bits per heavy atom. The van der Waals surface area contributed by atoms with E-state index in [1.54, 1.807) is 6.92 Å². The monoisotopic (exact) mass is 339 g/mol. The molecule has 1 saturated heterocycles. The molecule has 0 saturated carbocycles. The van der Waals surface area contributed by atoms with Gasteiger partial charge in [-0.2, -0.15) is 13.2 Å². The third-order valence-corrected chi connectivity index (χ3v) is 3.83. The van der Waals surface area contributed by atoms with Gasteiger partial charge in [-0.05, 0) is 38.1 Å². The van der Waals surface area contributed by atoms with Crippen LogP contribution in [0.4, 0.5) is 19.1 Å². The maximum Gasteiger partial charge on any atom is 0.416 e. The van der Waals surface area contributed by atoms with Crippen molar-refractivity contribution in [3.05, 3.63) is 29.5 Å². The predicted octanol–water partition coefficient (Wildman–Crippen LogP) is 2.35. The molecule has 24 heavy (non-hydrogen) atoms. The number of hydrogen-bond acceptors (Lipinski definition) is 6. The van der Waals surface area contributed by atoms with Gasteiger partial charge in [0.2, 0.25) is 5.95 Å². The first-order valence-electron chi connectivity index (χ1n) is 7.44. The van der Waals surface area contributed by atoms with E-state index in [1.807, 2.05) is 0 Å². The van der Waals surface area contributed by atoms with Gasteiger partial charge in [0.25, 0.3) is 0 Å². The van der Waals surface area contributed by atoms with Gasteiger partial charge in [0.05, 0.1) is 11.3 Å². The zero-order chi connectivity index (χ0) is 17.3. The molecule has 2 aromatic rings. The Morgan fingerprint density at radius 2 is 2.08 bits per heavy atom. The standard InChI is InChI=1S/C15H16F3N5O/c1-8-13(11-3-2-9(6-12(11)24)15(16,17)18)22-23-14(20-8)21-10-4-5-19-7-10/h2-3,6,10,19,24H,4-5,7H2,1H3,(H,20,21,23)/t10-/m1/s1. The van der Waals surface area contributed by atoms with E-state index in [9.17, 15) is 18.3 Å². The highest BCUT2D eigenvalue weighted by molar-refractivity contribution is 5.69. The van der Waals surface area contributed by atoms with Crippen molar-refractivity contribution in [1.82, 2.24) is 20.5 Å². The summed E-state index contributed by atoms with van der Waals surface area (Å²) in [5.74, 6) is -0.152. The summed E-state index contributed by atoms with van der Waals surface area (Å²) in [6, 6.07) is 2.96. The number of anilines is 1. The maximum atomic E-state index is 12.7. The second-order valence-electron chi connectivity index (χ2n) is 5.63. The third-order valence-electron chi connectivity index (χ3n) is 3.83. The fourth-order valence-electron chi connectivity index (χ4n) is 2.58. The Bertz CT molecular complexity index is 744. The molecule has 0 amide bonds. The minimum Gasteiger partial charge on any atom is -0.507 e. The molecule has 0 radical (unpaired) electrons. The Kier molecular flexibility index (Phi) is 4.27. The molecule has 3 rings (SSSR count). The van der Waals surface area contributed by atoms with Crippen molar-refractivity contribution in [3.8, 4) is 17.0 Å². The molecule has 1 aliphatic rings. The van der Waals surface area contributed by atoms with Gasteiger partial charge in [0, 0.05) is 18.2 Å². The number of hydrogen-bond donors (Lipinski definition) is 3. The van der Waals surface area contributed by atoms with Crippen molar-refractivity contribution in [2.75, 3.05) is 18.4 Å². The lowest BCUT2D eigenvalue weighted by molar-refractivity contribution is -0.137. The fraction of sp³-hybridized carbons (Fsp3) is 0.400. The van der Waals surface area contributed by atoms with E-state index in [0.29, 0.717) is 17.7 Å². The molecule has 128 valence electrons. The SMILES string of the molecule is Cc1nc(N[C@@H]2CCNC2)nnc1-c1ccc(C(F)(F)F)cc1O. The van der Waals surface area contributed by atoms with E-state index < -0.39 is 17.5 Å². The number of nitrogens with one attached hydrogen (secondary N) is 2. The predicted molar refractivity (Wildman–Crippen MR) is 81.6 cm³/mol. The molecule has 9 heteroatoms. The molecule has 3 N–H and O–H groups in total.